The van der Waals surface area contributed by atoms with Gasteiger partial charge in [0, 0.05) is 12.3 Å². The lowest BCUT2D eigenvalue weighted by molar-refractivity contribution is -0.122. The summed E-state index contributed by atoms with van der Waals surface area (Å²) in [6.07, 6.45) is 6.72. The van der Waals surface area contributed by atoms with E-state index < -0.39 is 0 Å². The summed E-state index contributed by atoms with van der Waals surface area (Å²) in [6.45, 7) is 2.08. The summed E-state index contributed by atoms with van der Waals surface area (Å²) in [7, 11) is 0. The van der Waals surface area contributed by atoms with Gasteiger partial charge in [-0.15, -0.1) is 0 Å². The molecule has 1 aliphatic carbocycles. The van der Waals surface area contributed by atoms with Crippen LogP contribution in [0.4, 0.5) is 0 Å². The lowest BCUT2D eigenvalue weighted by Gasteiger charge is -2.04. The fraction of sp³-hybridized carbons (Fsp3) is 0.889. The van der Waals surface area contributed by atoms with Gasteiger partial charge in [-0.25, -0.2) is 0 Å². The number of rotatable bonds is 3. The highest BCUT2D eigenvalue weighted by atomic mass is 16.1. The van der Waals surface area contributed by atoms with Crippen molar-refractivity contribution < 1.29 is 4.79 Å². The molecule has 1 heteroatoms. The van der Waals surface area contributed by atoms with Gasteiger partial charge in [-0.1, -0.05) is 19.8 Å². The lowest BCUT2D eigenvalue weighted by atomic mass is 9.99. The van der Waals surface area contributed by atoms with E-state index in [0.717, 1.165) is 12.8 Å². The second kappa shape index (κ2) is 3.75. The molecule has 1 fully saturated rings. The van der Waals surface area contributed by atoms with E-state index in [4.69, 9.17) is 0 Å². The average Bonchev–Trinajstić information content (AvgIpc) is 2.38. The predicted molar refractivity (Wildman–Crippen MR) is 41.9 cm³/mol. The normalized spacial score (nSPS) is 19.7. The zero-order valence-electron chi connectivity index (χ0n) is 6.73. The van der Waals surface area contributed by atoms with Crippen molar-refractivity contribution in [2.24, 2.45) is 5.92 Å². The van der Waals surface area contributed by atoms with E-state index in [2.05, 4.69) is 6.92 Å². The Bertz CT molecular complexity index is 112. The molecular formula is C9H16O. The van der Waals surface area contributed by atoms with Gasteiger partial charge in [-0.3, -0.25) is 4.79 Å². The summed E-state index contributed by atoms with van der Waals surface area (Å²) in [5.41, 5.74) is 0. The zero-order valence-corrected chi connectivity index (χ0v) is 6.73. The quantitative estimate of drug-likeness (QED) is 0.588. The minimum absolute atomic E-state index is 0.444. The standard InChI is InChI=1S/C9H16O/c1-2-5-9(10)8-6-3-4-7-8/h8H,2-7H2,1H3. The van der Waals surface area contributed by atoms with Crippen LogP contribution in [0, 0.1) is 5.92 Å². The van der Waals surface area contributed by atoms with Gasteiger partial charge in [-0.2, -0.15) is 0 Å². The highest BCUT2D eigenvalue weighted by Crippen LogP contribution is 2.26. The smallest absolute Gasteiger partial charge is 0.135 e. The molecule has 0 atom stereocenters. The van der Waals surface area contributed by atoms with E-state index in [1.165, 1.54) is 25.7 Å². The zero-order chi connectivity index (χ0) is 7.40. The Morgan fingerprint density at radius 3 is 2.50 bits per heavy atom. The second-order valence-corrected chi connectivity index (χ2v) is 3.20. The molecule has 10 heavy (non-hydrogen) atoms. The predicted octanol–water partition coefficient (Wildman–Crippen LogP) is 2.55. The van der Waals surface area contributed by atoms with Crippen LogP contribution in [0.1, 0.15) is 45.4 Å². The molecule has 1 aliphatic rings. The Labute approximate surface area is 62.8 Å². The van der Waals surface area contributed by atoms with Crippen LogP contribution in [-0.4, -0.2) is 5.78 Å². The topological polar surface area (TPSA) is 17.1 Å². The fourth-order valence-electron chi connectivity index (χ4n) is 1.70. The van der Waals surface area contributed by atoms with Crippen LogP contribution < -0.4 is 0 Å². The Morgan fingerprint density at radius 1 is 1.40 bits per heavy atom. The summed E-state index contributed by atoms with van der Waals surface area (Å²) < 4.78 is 0. The number of hydrogen-bond donors (Lipinski definition) is 0. The molecule has 0 bridgehead atoms. The number of Topliss-reactive ketones (excluding diaryl/α,β-unsaturated/α-hetero) is 1. The monoisotopic (exact) mass is 140 g/mol. The maximum Gasteiger partial charge on any atom is 0.135 e. The third-order valence-corrected chi connectivity index (χ3v) is 2.31. The molecule has 1 nitrogen and oxygen atoms in total. The SMILES string of the molecule is CCCC(=O)C1CCCC1. The molecular weight excluding hydrogens is 124 g/mol. The van der Waals surface area contributed by atoms with Crippen molar-refractivity contribution in [1.29, 1.82) is 0 Å². The van der Waals surface area contributed by atoms with Crippen LogP contribution in [0.5, 0.6) is 0 Å². The Hall–Kier alpha value is -0.330. The van der Waals surface area contributed by atoms with Crippen LogP contribution in [0.15, 0.2) is 0 Å². The molecule has 0 aromatic carbocycles. The van der Waals surface area contributed by atoms with E-state index in [-0.39, 0.29) is 0 Å². The van der Waals surface area contributed by atoms with Gasteiger partial charge in [0.15, 0.2) is 0 Å². The van der Waals surface area contributed by atoms with Crippen molar-refractivity contribution in [3.63, 3.8) is 0 Å². The summed E-state index contributed by atoms with van der Waals surface area (Å²) in [5, 5.41) is 0. The van der Waals surface area contributed by atoms with Crippen LogP contribution >= 0.6 is 0 Å². The first-order valence-corrected chi connectivity index (χ1v) is 4.37. The Kier molecular flexibility index (Phi) is 2.91. The van der Waals surface area contributed by atoms with Crippen LogP contribution in [0.2, 0.25) is 0 Å². The van der Waals surface area contributed by atoms with Crippen molar-refractivity contribution in [1.82, 2.24) is 0 Å². The van der Waals surface area contributed by atoms with Gasteiger partial charge in [0.25, 0.3) is 0 Å². The van der Waals surface area contributed by atoms with Crippen LogP contribution in [0.3, 0.4) is 0 Å². The van der Waals surface area contributed by atoms with Crippen LogP contribution in [-0.2, 0) is 4.79 Å². The Morgan fingerprint density at radius 2 is 2.00 bits per heavy atom. The highest BCUT2D eigenvalue weighted by molar-refractivity contribution is 5.81. The summed E-state index contributed by atoms with van der Waals surface area (Å²) in [5.74, 6) is 0.958. The molecule has 0 aliphatic heterocycles. The van der Waals surface area contributed by atoms with Gasteiger partial charge in [-0.05, 0) is 19.3 Å². The van der Waals surface area contributed by atoms with Crippen LogP contribution in [0.25, 0.3) is 0 Å². The highest BCUT2D eigenvalue weighted by Gasteiger charge is 2.20. The first-order valence-electron chi connectivity index (χ1n) is 4.37. The fourth-order valence-corrected chi connectivity index (χ4v) is 1.70. The van der Waals surface area contributed by atoms with Gasteiger partial charge in [0.2, 0.25) is 0 Å². The molecule has 0 amide bonds. The van der Waals surface area contributed by atoms with E-state index in [0.29, 0.717) is 11.7 Å². The van der Waals surface area contributed by atoms with Crippen molar-refractivity contribution in [2.45, 2.75) is 45.4 Å². The van der Waals surface area contributed by atoms with E-state index in [9.17, 15) is 4.79 Å². The first-order chi connectivity index (χ1) is 4.84. The van der Waals surface area contributed by atoms with Crippen molar-refractivity contribution in [2.75, 3.05) is 0 Å². The van der Waals surface area contributed by atoms with E-state index >= 15 is 0 Å². The molecule has 1 rings (SSSR count). The van der Waals surface area contributed by atoms with Gasteiger partial charge < -0.3 is 0 Å². The first kappa shape index (κ1) is 7.77. The van der Waals surface area contributed by atoms with Crippen molar-refractivity contribution >= 4 is 5.78 Å². The average molecular weight is 140 g/mol. The molecule has 1 saturated carbocycles. The number of carbonyl (C=O) groups is 1. The number of hydrogen-bond acceptors (Lipinski definition) is 1. The third-order valence-electron chi connectivity index (χ3n) is 2.31. The molecule has 58 valence electrons. The minimum atomic E-state index is 0.444. The van der Waals surface area contributed by atoms with Gasteiger partial charge in [0.05, 0.1) is 0 Å². The summed E-state index contributed by atoms with van der Waals surface area (Å²) in [4.78, 5) is 11.2. The summed E-state index contributed by atoms with van der Waals surface area (Å²) in [6, 6.07) is 0. The lowest BCUT2D eigenvalue weighted by Crippen LogP contribution is -2.09. The molecule has 0 radical (unpaired) electrons. The molecule has 0 aromatic heterocycles. The summed E-state index contributed by atoms with van der Waals surface area (Å²) >= 11 is 0. The maximum atomic E-state index is 11.2. The van der Waals surface area contributed by atoms with E-state index in [1.54, 1.807) is 0 Å². The molecule has 0 saturated heterocycles. The van der Waals surface area contributed by atoms with E-state index in [1.807, 2.05) is 0 Å². The second-order valence-electron chi connectivity index (χ2n) is 3.20. The molecule has 0 unspecified atom stereocenters. The number of carbonyl (C=O) groups excluding carboxylic acids is 1. The van der Waals surface area contributed by atoms with Crippen molar-refractivity contribution in [3.8, 4) is 0 Å². The molecule has 0 aromatic rings. The largest absolute Gasteiger partial charge is 0.299 e. The maximum absolute atomic E-state index is 11.2. The minimum Gasteiger partial charge on any atom is -0.299 e. The number of ketones is 1. The molecule has 0 spiro atoms. The molecule has 0 N–H and O–H groups in total. The third kappa shape index (κ3) is 1.83. The van der Waals surface area contributed by atoms with Gasteiger partial charge in [0.1, 0.15) is 5.78 Å². The Balaban J connectivity index is 2.25. The molecule has 0 heterocycles. The van der Waals surface area contributed by atoms with Crippen molar-refractivity contribution in [3.05, 3.63) is 0 Å². The van der Waals surface area contributed by atoms with Gasteiger partial charge >= 0.3 is 0 Å².